The fourth-order valence-electron chi connectivity index (χ4n) is 4.94. The van der Waals surface area contributed by atoms with Crippen LogP contribution in [0.4, 0.5) is 5.95 Å². The Morgan fingerprint density at radius 2 is 1.75 bits per heavy atom. The van der Waals surface area contributed by atoms with Crippen molar-refractivity contribution in [1.29, 1.82) is 0 Å². The van der Waals surface area contributed by atoms with Crippen molar-refractivity contribution in [3.63, 3.8) is 0 Å². The monoisotopic (exact) mass is 452 g/mol. The molecule has 1 saturated carbocycles. The molecule has 2 fully saturated rings. The predicted molar refractivity (Wildman–Crippen MR) is 128 cm³/mol. The summed E-state index contributed by atoms with van der Waals surface area (Å²) in [7, 11) is 1.81. The standard InChI is InChI=1S/C25H28N4O2.ClH/c1-28-23(30)16-21(19-10-14-26-15-11-19)27-24(28)29-17-22(20-8-4-2-5-9-20)31-25(18-29)12-6-3-7-13-25;/h2,4-5,8-11,14-16,22H,3,6-7,12-13,17-18H2,1H3;1H. The predicted octanol–water partition coefficient (Wildman–Crippen LogP) is 4.54. The van der Waals surface area contributed by atoms with Crippen molar-refractivity contribution >= 4 is 18.4 Å². The second-order valence-corrected chi connectivity index (χ2v) is 8.72. The third-order valence-electron chi connectivity index (χ3n) is 6.56. The molecule has 32 heavy (non-hydrogen) atoms. The Bertz CT molecular complexity index is 1100. The smallest absolute Gasteiger partial charge is 0.255 e. The van der Waals surface area contributed by atoms with Crippen molar-refractivity contribution in [2.45, 2.75) is 43.8 Å². The Hall–Kier alpha value is -2.70. The van der Waals surface area contributed by atoms with Crippen molar-refractivity contribution < 1.29 is 4.74 Å². The van der Waals surface area contributed by atoms with Crippen molar-refractivity contribution in [2.75, 3.05) is 18.0 Å². The number of hydrogen-bond donors (Lipinski definition) is 0. The SMILES string of the molecule is Cl.Cn1c(N2CC(c3ccccc3)OC3(CCCCC3)C2)nc(-c2ccncc2)cc1=O. The van der Waals surface area contributed by atoms with E-state index in [4.69, 9.17) is 9.72 Å². The highest BCUT2D eigenvalue weighted by atomic mass is 35.5. The Balaban J connectivity index is 0.00000245. The van der Waals surface area contributed by atoms with Crippen LogP contribution in [0.15, 0.2) is 65.7 Å². The largest absolute Gasteiger partial charge is 0.363 e. The summed E-state index contributed by atoms with van der Waals surface area (Å²) in [5.41, 5.74) is 2.50. The van der Waals surface area contributed by atoms with Gasteiger partial charge < -0.3 is 9.64 Å². The Morgan fingerprint density at radius 3 is 2.47 bits per heavy atom. The number of ether oxygens (including phenoxy) is 1. The van der Waals surface area contributed by atoms with Crippen molar-refractivity contribution in [2.24, 2.45) is 7.05 Å². The Kier molecular flexibility index (Phi) is 6.63. The van der Waals surface area contributed by atoms with E-state index in [2.05, 4.69) is 34.1 Å². The molecule has 1 aliphatic heterocycles. The molecule has 1 aliphatic carbocycles. The third kappa shape index (κ3) is 4.43. The highest BCUT2D eigenvalue weighted by Crippen LogP contribution is 2.41. The molecule has 3 heterocycles. The van der Waals surface area contributed by atoms with Crippen LogP contribution in [-0.2, 0) is 11.8 Å². The van der Waals surface area contributed by atoms with Gasteiger partial charge in [0.25, 0.3) is 5.56 Å². The number of halogens is 1. The first-order valence-corrected chi connectivity index (χ1v) is 11.1. The highest BCUT2D eigenvalue weighted by Gasteiger charge is 2.43. The number of aromatic nitrogens is 3. The van der Waals surface area contributed by atoms with Gasteiger partial charge in [-0.3, -0.25) is 14.3 Å². The lowest BCUT2D eigenvalue weighted by Crippen LogP contribution is -2.55. The minimum absolute atomic E-state index is 0. The topological polar surface area (TPSA) is 60.2 Å². The van der Waals surface area contributed by atoms with Crippen LogP contribution in [0.3, 0.4) is 0 Å². The molecule has 2 aliphatic rings. The second kappa shape index (κ2) is 9.43. The molecule has 168 valence electrons. The van der Waals surface area contributed by atoms with E-state index in [9.17, 15) is 4.79 Å². The van der Waals surface area contributed by atoms with Gasteiger partial charge in [0, 0.05) is 37.6 Å². The van der Waals surface area contributed by atoms with Crippen LogP contribution in [0.5, 0.6) is 0 Å². The van der Waals surface area contributed by atoms with Gasteiger partial charge in [-0.1, -0.05) is 49.6 Å². The number of morpholine rings is 1. The van der Waals surface area contributed by atoms with Crippen LogP contribution in [0.25, 0.3) is 11.3 Å². The molecule has 0 amide bonds. The Morgan fingerprint density at radius 1 is 1.03 bits per heavy atom. The number of benzene rings is 1. The molecule has 2 aromatic heterocycles. The molecule has 1 saturated heterocycles. The molecular weight excluding hydrogens is 424 g/mol. The molecule has 1 spiro atoms. The van der Waals surface area contributed by atoms with Crippen LogP contribution >= 0.6 is 12.4 Å². The summed E-state index contributed by atoms with van der Waals surface area (Å²) in [6.45, 7) is 1.43. The molecule has 5 rings (SSSR count). The third-order valence-corrected chi connectivity index (χ3v) is 6.56. The maximum absolute atomic E-state index is 12.8. The molecule has 0 bridgehead atoms. The van der Waals surface area contributed by atoms with E-state index < -0.39 is 0 Å². The quantitative estimate of drug-likeness (QED) is 0.583. The van der Waals surface area contributed by atoms with Gasteiger partial charge in [0.05, 0.1) is 17.8 Å². The fourth-order valence-corrected chi connectivity index (χ4v) is 4.94. The van der Waals surface area contributed by atoms with Gasteiger partial charge >= 0.3 is 0 Å². The van der Waals surface area contributed by atoms with E-state index in [1.165, 1.54) is 24.8 Å². The summed E-state index contributed by atoms with van der Waals surface area (Å²) >= 11 is 0. The molecule has 1 aromatic carbocycles. The average Bonchev–Trinajstić information content (AvgIpc) is 2.82. The number of rotatable bonds is 3. The zero-order chi connectivity index (χ0) is 21.3. The molecule has 0 N–H and O–H groups in total. The van der Waals surface area contributed by atoms with Gasteiger partial charge in [-0.05, 0) is 30.5 Å². The zero-order valence-electron chi connectivity index (χ0n) is 18.3. The van der Waals surface area contributed by atoms with Crippen LogP contribution in [0, 0.1) is 0 Å². The summed E-state index contributed by atoms with van der Waals surface area (Å²) in [5.74, 6) is 0.702. The minimum atomic E-state index is -0.193. The van der Waals surface area contributed by atoms with Gasteiger partial charge in [0.15, 0.2) is 0 Å². The second-order valence-electron chi connectivity index (χ2n) is 8.72. The summed E-state index contributed by atoms with van der Waals surface area (Å²) in [5, 5.41) is 0. The number of pyridine rings is 1. The van der Waals surface area contributed by atoms with Gasteiger partial charge in [-0.2, -0.15) is 0 Å². The van der Waals surface area contributed by atoms with E-state index in [1.54, 1.807) is 23.0 Å². The lowest BCUT2D eigenvalue weighted by molar-refractivity contribution is -0.127. The lowest BCUT2D eigenvalue weighted by Gasteiger charge is -2.49. The summed E-state index contributed by atoms with van der Waals surface area (Å²) in [4.78, 5) is 24.1. The molecule has 7 heteroatoms. The van der Waals surface area contributed by atoms with Crippen molar-refractivity contribution in [3.8, 4) is 11.3 Å². The molecule has 6 nitrogen and oxygen atoms in total. The minimum Gasteiger partial charge on any atom is -0.363 e. The Labute approximate surface area is 194 Å². The summed E-state index contributed by atoms with van der Waals surface area (Å²) in [6, 6.07) is 15.8. The van der Waals surface area contributed by atoms with E-state index in [-0.39, 0.29) is 29.7 Å². The molecule has 0 radical (unpaired) electrons. The number of nitrogens with zero attached hydrogens (tertiary/aromatic N) is 4. The molecular formula is C25H29ClN4O2. The average molecular weight is 453 g/mol. The normalized spacial score (nSPS) is 20.0. The van der Waals surface area contributed by atoms with E-state index in [1.807, 2.05) is 25.2 Å². The maximum atomic E-state index is 12.8. The first-order valence-electron chi connectivity index (χ1n) is 11.1. The molecule has 3 aromatic rings. The first-order chi connectivity index (χ1) is 15.1. The lowest BCUT2D eigenvalue weighted by atomic mass is 9.82. The molecule has 1 unspecified atom stereocenters. The summed E-state index contributed by atoms with van der Waals surface area (Å²) in [6.07, 6.45) is 9.12. The molecule has 1 atom stereocenters. The first kappa shape index (κ1) is 22.5. The van der Waals surface area contributed by atoms with Crippen LogP contribution in [0.1, 0.15) is 43.8 Å². The van der Waals surface area contributed by atoms with Crippen LogP contribution in [0.2, 0.25) is 0 Å². The fraction of sp³-hybridized carbons (Fsp3) is 0.400. The van der Waals surface area contributed by atoms with Crippen LogP contribution < -0.4 is 10.5 Å². The van der Waals surface area contributed by atoms with Gasteiger partial charge in [0.1, 0.15) is 6.10 Å². The number of anilines is 1. The van der Waals surface area contributed by atoms with Crippen molar-refractivity contribution in [3.05, 3.63) is 76.8 Å². The van der Waals surface area contributed by atoms with Gasteiger partial charge in [-0.15, -0.1) is 12.4 Å². The highest BCUT2D eigenvalue weighted by molar-refractivity contribution is 5.85. The number of hydrogen-bond acceptors (Lipinski definition) is 5. The van der Waals surface area contributed by atoms with E-state index in [0.29, 0.717) is 18.2 Å². The van der Waals surface area contributed by atoms with Gasteiger partial charge in [0.2, 0.25) is 5.95 Å². The van der Waals surface area contributed by atoms with Crippen molar-refractivity contribution in [1.82, 2.24) is 14.5 Å². The van der Waals surface area contributed by atoms with E-state index >= 15 is 0 Å². The maximum Gasteiger partial charge on any atom is 0.255 e. The van der Waals surface area contributed by atoms with Gasteiger partial charge in [-0.25, -0.2) is 4.98 Å². The van der Waals surface area contributed by atoms with E-state index in [0.717, 1.165) is 24.9 Å². The van der Waals surface area contributed by atoms with Crippen LogP contribution in [-0.4, -0.2) is 33.2 Å². The zero-order valence-corrected chi connectivity index (χ0v) is 19.1. The summed E-state index contributed by atoms with van der Waals surface area (Å²) < 4.78 is 8.43.